The number of ether oxygens (including phenoxy) is 1. The highest BCUT2D eigenvalue weighted by molar-refractivity contribution is 6.45. The standard InChI is InChI=1S/C22H38BN5O7/c1-14(25-18(32)33-19(2,3)4)16(29)28-12-15(11-22(13-28,17(30)31)26-27-24)9-10-23-34-20(5,6)21(7,8)35-23/h14-15H,9-13H2,1-8H3,(H,25,32)(H,30,31)/t14?,15-,22-/m1/s1. The molecule has 0 aliphatic carbocycles. The third-order valence-electron chi connectivity index (χ3n) is 6.72. The van der Waals surface area contributed by atoms with Gasteiger partial charge in [0.25, 0.3) is 0 Å². The molecule has 2 N–H and O–H groups in total. The number of rotatable bonds is 7. The molecule has 0 saturated carbocycles. The molecule has 0 radical (unpaired) electrons. The average molecular weight is 495 g/mol. The first-order chi connectivity index (χ1) is 15.9. The lowest BCUT2D eigenvalue weighted by Gasteiger charge is -2.42. The number of hydrogen-bond donors (Lipinski definition) is 2. The lowest BCUT2D eigenvalue weighted by atomic mass is 9.74. The highest BCUT2D eigenvalue weighted by Gasteiger charge is 2.52. The number of carbonyl (C=O) groups excluding carboxylic acids is 2. The van der Waals surface area contributed by atoms with Crippen molar-refractivity contribution in [2.24, 2.45) is 11.0 Å². The highest BCUT2D eigenvalue weighted by atomic mass is 16.7. The summed E-state index contributed by atoms with van der Waals surface area (Å²) in [5, 5.41) is 16.0. The van der Waals surface area contributed by atoms with E-state index in [0.29, 0.717) is 12.7 Å². The summed E-state index contributed by atoms with van der Waals surface area (Å²) >= 11 is 0. The summed E-state index contributed by atoms with van der Waals surface area (Å²) < 4.78 is 17.3. The van der Waals surface area contributed by atoms with E-state index in [2.05, 4.69) is 15.3 Å². The summed E-state index contributed by atoms with van der Waals surface area (Å²) in [5.74, 6) is -2.09. The van der Waals surface area contributed by atoms with Gasteiger partial charge in [-0.15, -0.1) is 0 Å². The number of piperidine rings is 1. The second kappa shape index (κ2) is 10.2. The molecule has 2 fully saturated rings. The number of carboxylic acid groups (broad SMARTS) is 1. The van der Waals surface area contributed by atoms with E-state index in [4.69, 9.17) is 19.6 Å². The van der Waals surface area contributed by atoms with Gasteiger partial charge in [0.2, 0.25) is 5.91 Å². The van der Waals surface area contributed by atoms with E-state index in [1.807, 2.05) is 27.7 Å². The number of nitrogens with one attached hydrogen (secondary N) is 1. The molecule has 2 aliphatic heterocycles. The molecule has 0 spiro atoms. The molecule has 2 saturated heterocycles. The Hall–Kier alpha value is -2.50. The number of likely N-dealkylation sites (tertiary alicyclic amines) is 1. The molecule has 0 aromatic rings. The predicted molar refractivity (Wildman–Crippen MR) is 129 cm³/mol. The van der Waals surface area contributed by atoms with Crippen LogP contribution in [0.4, 0.5) is 4.79 Å². The van der Waals surface area contributed by atoms with Crippen LogP contribution >= 0.6 is 0 Å². The van der Waals surface area contributed by atoms with Gasteiger partial charge in [-0.3, -0.25) is 9.59 Å². The van der Waals surface area contributed by atoms with Gasteiger partial charge in [0.1, 0.15) is 11.6 Å². The van der Waals surface area contributed by atoms with Crippen molar-refractivity contribution in [3.8, 4) is 0 Å². The molecular weight excluding hydrogens is 457 g/mol. The summed E-state index contributed by atoms with van der Waals surface area (Å²) in [6.07, 6.45) is 0.290. The van der Waals surface area contributed by atoms with Crippen molar-refractivity contribution in [1.82, 2.24) is 10.2 Å². The number of amides is 2. The average Bonchev–Trinajstić information content (AvgIpc) is 2.90. The second-order valence-corrected chi connectivity index (χ2v) is 11.4. The topological polar surface area (TPSA) is 163 Å². The van der Waals surface area contributed by atoms with Crippen LogP contribution in [0.1, 0.15) is 68.2 Å². The SMILES string of the molecule is CC(NC(=O)OC(C)(C)C)C(=O)N1C[C@H](CCB2OC(C)(C)C(C)(C)O2)C[C@](N=[N+]=[N-])(C(=O)O)C1. The fourth-order valence-corrected chi connectivity index (χ4v) is 4.29. The molecule has 196 valence electrons. The first kappa shape index (κ1) is 28.7. The number of alkyl carbamates (subject to hydrolysis) is 1. The second-order valence-electron chi connectivity index (χ2n) is 11.4. The van der Waals surface area contributed by atoms with E-state index in [9.17, 15) is 19.5 Å². The number of nitrogens with zero attached hydrogens (tertiary/aromatic N) is 4. The van der Waals surface area contributed by atoms with Gasteiger partial charge in [-0.05, 0) is 79.6 Å². The minimum absolute atomic E-state index is 0.0730. The van der Waals surface area contributed by atoms with E-state index in [-0.39, 0.29) is 25.4 Å². The molecule has 3 atom stereocenters. The smallest absolute Gasteiger partial charge is 0.457 e. The number of aliphatic carboxylic acids is 1. The molecule has 35 heavy (non-hydrogen) atoms. The van der Waals surface area contributed by atoms with E-state index < -0.39 is 53.5 Å². The molecule has 0 bridgehead atoms. The van der Waals surface area contributed by atoms with Crippen molar-refractivity contribution >= 4 is 25.1 Å². The van der Waals surface area contributed by atoms with Crippen molar-refractivity contribution < 1.29 is 33.5 Å². The van der Waals surface area contributed by atoms with Crippen molar-refractivity contribution in [2.45, 2.75) is 103 Å². The van der Waals surface area contributed by atoms with Crippen LogP contribution in [0.15, 0.2) is 5.11 Å². The quantitative estimate of drug-likeness (QED) is 0.237. The molecule has 2 aliphatic rings. The zero-order valence-electron chi connectivity index (χ0n) is 22.0. The van der Waals surface area contributed by atoms with Crippen LogP contribution < -0.4 is 5.32 Å². The Balaban J connectivity index is 2.16. The molecule has 0 aromatic carbocycles. The molecule has 0 aromatic heterocycles. The monoisotopic (exact) mass is 495 g/mol. The summed E-state index contributed by atoms with van der Waals surface area (Å²) in [6.45, 7) is 14.4. The summed E-state index contributed by atoms with van der Waals surface area (Å²) in [6, 6.07) is -0.968. The Bertz CT molecular complexity index is 864. The molecule has 13 heteroatoms. The maximum Gasteiger partial charge on any atom is 0.457 e. The number of carboxylic acids is 1. The number of hydrogen-bond acceptors (Lipinski definition) is 7. The molecule has 1 unspecified atom stereocenters. The minimum atomic E-state index is -1.81. The van der Waals surface area contributed by atoms with Gasteiger partial charge >= 0.3 is 19.2 Å². The Morgan fingerprint density at radius 1 is 1.26 bits per heavy atom. The Morgan fingerprint density at radius 3 is 2.31 bits per heavy atom. The Labute approximate surface area is 206 Å². The Kier molecular flexibility index (Phi) is 8.41. The van der Waals surface area contributed by atoms with Crippen LogP contribution in [0.3, 0.4) is 0 Å². The van der Waals surface area contributed by atoms with E-state index in [1.165, 1.54) is 11.8 Å². The van der Waals surface area contributed by atoms with Gasteiger partial charge < -0.3 is 29.4 Å². The lowest BCUT2D eigenvalue weighted by molar-refractivity contribution is -0.149. The van der Waals surface area contributed by atoms with Crippen LogP contribution in [-0.2, 0) is 23.6 Å². The van der Waals surface area contributed by atoms with E-state index >= 15 is 0 Å². The maximum absolute atomic E-state index is 13.2. The summed E-state index contributed by atoms with van der Waals surface area (Å²) in [5.41, 5.74) is 5.54. The largest absolute Gasteiger partial charge is 0.481 e. The van der Waals surface area contributed by atoms with Crippen molar-refractivity contribution in [3.63, 3.8) is 0 Å². The first-order valence-corrected chi connectivity index (χ1v) is 11.8. The van der Waals surface area contributed by atoms with Crippen LogP contribution in [0.2, 0.25) is 6.32 Å². The maximum atomic E-state index is 13.2. The number of carbonyl (C=O) groups is 3. The Morgan fingerprint density at radius 2 is 1.83 bits per heavy atom. The molecule has 2 amide bonds. The lowest BCUT2D eigenvalue weighted by Crippen LogP contribution is -2.59. The van der Waals surface area contributed by atoms with Gasteiger partial charge in [-0.2, -0.15) is 0 Å². The molecular formula is C22H38BN5O7. The van der Waals surface area contributed by atoms with Gasteiger partial charge in [-0.1, -0.05) is 11.5 Å². The predicted octanol–water partition coefficient (Wildman–Crippen LogP) is 3.36. The van der Waals surface area contributed by atoms with Crippen LogP contribution in [0.25, 0.3) is 10.4 Å². The van der Waals surface area contributed by atoms with Crippen molar-refractivity contribution in [2.75, 3.05) is 13.1 Å². The normalized spacial score (nSPS) is 26.5. The van der Waals surface area contributed by atoms with Crippen LogP contribution in [0, 0.1) is 5.92 Å². The van der Waals surface area contributed by atoms with Crippen LogP contribution in [0.5, 0.6) is 0 Å². The third kappa shape index (κ3) is 7.02. The van der Waals surface area contributed by atoms with Crippen LogP contribution in [-0.4, -0.2) is 76.6 Å². The summed E-state index contributed by atoms with van der Waals surface area (Å²) in [4.78, 5) is 41.6. The van der Waals surface area contributed by atoms with Gasteiger partial charge in [0.15, 0.2) is 5.54 Å². The highest BCUT2D eigenvalue weighted by Crippen LogP contribution is 2.39. The number of azide groups is 1. The molecule has 12 nitrogen and oxygen atoms in total. The fraction of sp³-hybridized carbons (Fsp3) is 0.864. The van der Waals surface area contributed by atoms with Gasteiger partial charge in [0, 0.05) is 18.0 Å². The first-order valence-electron chi connectivity index (χ1n) is 11.8. The summed E-state index contributed by atoms with van der Waals surface area (Å²) in [7, 11) is -0.475. The van der Waals surface area contributed by atoms with Crippen molar-refractivity contribution in [3.05, 3.63) is 10.4 Å². The molecule has 2 rings (SSSR count). The van der Waals surface area contributed by atoms with Gasteiger partial charge in [0.05, 0.1) is 11.2 Å². The zero-order valence-corrected chi connectivity index (χ0v) is 22.0. The fourth-order valence-electron chi connectivity index (χ4n) is 4.29. The van der Waals surface area contributed by atoms with E-state index in [1.54, 1.807) is 20.8 Å². The molecule has 2 heterocycles. The minimum Gasteiger partial charge on any atom is -0.481 e. The zero-order chi connectivity index (χ0) is 26.8. The van der Waals surface area contributed by atoms with Crippen molar-refractivity contribution in [1.29, 1.82) is 0 Å². The third-order valence-corrected chi connectivity index (χ3v) is 6.72. The van der Waals surface area contributed by atoms with E-state index in [0.717, 1.165) is 0 Å². The van der Waals surface area contributed by atoms with Gasteiger partial charge in [-0.25, -0.2) is 4.79 Å².